The van der Waals surface area contributed by atoms with Crippen LogP contribution in [0.2, 0.25) is 0 Å². The molecule has 1 amide bonds. The van der Waals surface area contributed by atoms with E-state index < -0.39 is 0 Å². The maximum atomic E-state index is 13.1. The van der Waals surface area contributed by atoms with Gasteiger partial charge in [-0.2, -0.15) is 0 Å². The monoisotopic (exact) mass is 446 g/mol. The summed E-state index contributed by atoms with van der Waals surface area (Å²) in [7, 11) is 0. The van der Waals surface area contributed by atoms with E-state index in [-0.39, 0.29) is 11.7 Å². The first-order chi connectivity index (χ1) is 15.6. The van der Waals surface area contributed by atoms with Crippen LogP contribution in [0.4, 0.5) is 4.39 Å². The minimum absolute atomic E-state index is 0.160. The molecule has 0 aliphatic heterocycles. The zero-order valence-corrected chi connectivity index (χ0v) is 18.5. The van der Waals surface area contributed by atoms with E-state index in [0.29, 0.717) is 24.4 Å². The second-order valence-electron chi connectivity index (χ2n) is 7.36. The molecule has 7 heteroatoms. The van der Waals surface area contributed by atoms with Crippen molar-refractivity contribution in [3.05, 3.63) is 113 Å². The van der Waals surface area contributed by atoms with Crippen LogP contribution in [-0.2, 0) is 18.8 Å². The van der Waals surface area contributed by atoms with Crippen molar-refractivity contribution in [1.29, 1.82) is 0 Å². The molecule has 1 N–H and O–H groups in total. The highest BCUT2D eigenvalue weighted by Crippen LogP contribution is 2.24. The Bertz CT molecular complexity index is 1190. The molecule has 0 saturated heterocycles. The molecule has 1 aromatic heterocycles. The number of amides is 1. The van der Waals surface area contributed by atoms with E-state index in [1.54, 1.807) is 23.9 Å². The van der Waals surface area contributed by atoms with Gasteiger partial charge in [-0.05, 0) is 41.8 Å². The highest BCUT2D eigenvalue weighted by atomic mass is 32.2. The summed E-state index contributed by atoms with van der Waals surface area (Å²) < 4.78 is 15.2. The van der Waals surface area contributed by atoms with Crippen LogP contribution in [0.3, 0.4) is 0 Å². The van der Waals surface area contributed by atoms with Crippen molar-refractivity contribution in [2.24, 2.45) is 0 Å². The van der Waals surface area contributed by atoms with Crippen molar-refractivity contribution in [3.63, 3.8) is 0 Å². The summed E-state index contributed by atoms with van der Waals surface area (Å²) in [6.07, 6.45) is 0. The topological polar surface area (TPSA) is 59.8 Å². The maximum absolute atomic E-state index is 13.1. The van der Waals surface area contributed by atoms with Gasteiger partial charge in [0.25, 0.3) is 5.91 Å². The Balaban J connectivity index is 1.44. The lowest BCUT2D eigenvalue weighted by molar-refractivity contribution is 0.0950. The maximum Gasteiger partial charge on any atom is 0.251 e. The lowest BCUT2D eigenvalue weighted by atomic mass is 10.1. The average Bonchev–Trinajstić information content (AvgIpc) is 3.17. The van der Waals surface area contributed by atoms with E-state index >= 15 is 0 Å². The molecule has 1 heterocycles. The molecule has 4 aromatic rings. The highest BCUT2D eigenvalue weighted by Gasteiger charge is 2.14. The zero-order valence-electron chi connectivity index (χ0n) is 17.7. The molecule has 3 aromatic carbocycles. The number of hydrogen-bond donors (Lipinski definition) is 1. The third kappa shape index (κ3) is 5.42. The van der Waals surface area contributed by atoms with Gasteiger partial charge in [-0.3, -0.25) is 4.79 Å². The molecule has 32 heavy (non-hydrogen) atoms. The number of aryl methyl sites for hydroxylation is 1. The van der Waals surface area contributed by atoms with Crippen molar-refractivity contribution in [3.8, 4) is 0 Å². The number of nitrogens with one attached hydrogen (secondary N) is 1. The van der Waals surface area contributed by atoms with Crippen LogP contribution in [-0.4, -0.2) is 20.7 Å². The summed E-state index contributed by atoms with van der Waals surface area (Å²) in [5.41, 5.74) is 3.56. The minimum atomic E-state index is -0.294. The van der Waals surface area contributed by atoms with E-state index in [1.807, 2.05) is 49.4 Å². The van der Waals surface area contributed by atoms with Crippen LogP contribution in [0, 0.1) is 12.7 Å². The fourth-order valence-corrected chi connectivity index (χ4v) is 4.29. The van der Waals surface area contributed by atoms with E-state index in [4.69, 9.17) is 0 Å². The van der Waals surface area contributed by atoms with Gasteiger partial charge < -0.3 is 9.88 Å². The largest absolute Gasteiger partial charge is 0.348 e. The Hall–Kier alpha value is -3.45. The van der Waals surface area contributed by atoms with E-state index in [2.05, 4.69) is 32.2 Å². The van der Waals surface area contributed by atoms with Crippen LogP contribution in [0.5, 0.6) is 0 Å². The summed E-state index contributed by atoms with van der Waals surface area (Å²) in [4.78, 5) is 12.8. The van der Waals surface area contributed by atoms with Crippen LogP contribution >= 0.6 is 11.8 Å². The Morgan fingerprint density at radius 2 is 1.66 bits per heavy atom. The molecular weight excluding hydrogens is 423 g/mol. The molecule has 0 fully saturated rings. The average molecular weight is 447 g/mol. The minimum Gasteiger partial charge on any atom is -0.348 e. The van der Waals surface area contributed by atoms with Crippen molar-refractivity contribution in [2.45, 2.75) is 30.9 Å². The molecule has 0 aliphatic rings. The first kappa shape index (κ1) is 21.8. The fraction of sp³-hybridized carbons (Fsp3) is 0.160. The van der Waals surface area contributed by atoms with Crippen molar-refractivity contribution < 1.29 is 9.18 Å². The van der Waals surface area contributed by atoms with Gasteiger partial charge >= 0.3 is 0 Å². The van der Waals surface area contributed by atoms with Crippen molar-refractivity contribution in [1.82, 2.24) is 20.1 Å². The first-order valence-electron chi connectivity index (χ1n) is 10.3. The number of carbonyl (C=O) groups excluding carboxylic acids is 1. The molecule has 0 spiro atoms. The summed E-state index contributed by atoms with van der Waals surface area (Å²) >= 11 is 1.56. The number of rotatable bonds is 8. The summed E-state index contributed by atoms with van der Waals surface area (Å²) in [5, 5.41) is 12.3. The smallest absolute Gasteiger partial charge is 0.251 e. The molecule has 4 rings (SSSR count). The Kier molecular flexibility index (Phi) is 6.97. The van der Waals surface area contributed by atoms with Crippen molar-refractivity contribution >= 4 is 17.7 Å². The SMILES string of the molecule is Cc1nnc(SCc2ccccc2C(=O)NCc2ccc(F)cc2)n1Cc1ccccc1. The van der Waals surface area contributed by atoms with Crippen LogP contribution < -0.4 is 5.32 Å². The Morgan fingerprint density at radius 1 is 0.938 bits per heavy atom. The predicted octanol–water partition coefficient (Wildman–Crippen LogP) is 5.00. The highest BCUT2D eigenvalue weighted by molar-refractivity contribution is 7.98. The fourth-order valence-electron chi connectivity index (χ4n) is 3.31. The number of benzene rings is 3. The Labute approximate surface area is 190 Å². The standard InChI is InChI=1S/C25H23FN4OS/c1-18-28-29-25(30(18)16-20-7-3-2-4-8-20)32-17-21-9-5-6-10-23(21)24(31)27-15-19-11-13-22(26)14-12-19/h2-14H,15-17H2,1H3,(H,27,31). The molecule has 162 valence electrons. The number of hydrogen-bond acceptors (Lipinski definition) is 4. The van der Waals surface area contributed by atoms with Crippen LogP contribution in [0.1, 0.15) is 32.9 Å². The van der Waals surface area contributed by atoms with Gasteiger partial charge in [0.1, 0.15) is 11.6 Å². The normalized spacial score (nSPS) is 10.8. The zero-order chi connectivity index (χ0) is 22.3. The van der Waals surface area contributed by atoms with Crippen LogP contribution in [0.15, 0.2) is 84.0 Å². The molecule has 0 bridgehead atoms. The molecular formula is C25H23FN4OS. The number of halogens is 1. The van der Waals surface area contributed by atoms with Gasteiger partial charge in [-0.15, -0.1) is 10.2 Å². The molecule has 0 unspecified atom stereocenters. The van der Waals surface area contributed by atoms with E-state index in [9.17, 15) is 9.18 Å². The van der Waals surface area contributed by atoms with Gasteiger partial charge in [-0.25, -0.2) is 4.39 Å². The van der Waals surface area contributed by atoms with E-state index in [1.165, 1.54) is 17.7 Å². The first-order valence-corrected chi connectivity index (χ1v) is 11.3. The van der Waals surface area contributed by atoms with Crippen LogP contribution in [0.25, 0.3) is 0 Å². The molecule has 5 nitrogen and oxygen atoms in total. The summed E-state index contributed by atoms with van der Waals surface area (Å²) in [5.74, 6) is 0.986. The van der Waals surface area contributed by atoms with Gasteiger partial charge in [0, 0.05) is 17.9 Å². The molecule has 0 saturated carbocycles. The van der Waals surface area contributed by atoms with Gasteiger partial charge in [0.15, 0.2) is 5.16 Å². The Morgan fingerprint density at radius 3 is 2.44 bits per heavy atom. The number of aromatic nitrogens is 3. The van der Waals surface area contributed by atoms with E-state index in [0.717, 1.165) is 22.1 Å². The third-order valence-electron chi connectivity index (χ3n) is 5.07. The van der Waals surface area contributed by atoms with Crippen molar-refractivity contribution in [2.75, 3.05) is 0 Å². The lowest BCUT2D eigenvalue weighted by Crippen LogP contribution is -2.23. The number of thioether (sulfide) groups is 1. The molecule has 0 atom stereocenters. The number of carbonyl (C=O) groups is 1. The molecule has 0 aliphatic carbocycles. The summed E-state index contributed by atoms with van der Waals surface area (Å²) in [6.45, 7) is 2.98. The summed E-state index contributed by atoms with van der Waals surface area (Å²) in [6, 6.07) is 23.8. The lowest BCUT2D eigenvalue weighted by Gasteiger charge is -2.11. The number of nitrogens with zero attached hydrogens (tertiary/aromatic N) is 3. The second kappa shape index (κ2) is 10.2. The molecule has 0 radical (unpaired) electrons. The quantitative estimate of drug-likeness (QED) is 0.387. The second-order valence-corrected chi connectivity index (χ2v) is 8.30. The van der Waals surface area contributed by atoms with Gasteiger partial charge in [0.05, 0.1) is 6.54 Å². The van der Waals surface area contributed by atoms with Gasteiger partial charge in [0.2, 0.25) is 0 Å². The van der Waals surface area contributed by atoms with Gasteiger partial charge in [-0.1, -0.05) is 72.4 Å². The third-order valence-corrected chi connectivity index (χ3v) is 6.09. The predicted molar refractivity (Wildman–Crippen MR) is 124 cm³/mol.